The van der Waals surface area contributed by atoms with Gasteiger partial charge in [-0.1, -0.05) is 29.8 Å². The number of halogens is 2. The average Bonchev–Trinajstić information content (AvgIpc) is 2.72. The number of carbonyl (C=O) groups is 1. The third-order valence-corrected chi connectivity index (χ3v) is 4.69. The van der Waals surface area contributed by atoms with E-state index in [9.17, 15) is 9.18 Å². The minimum atomic E-state index is -0.313. The molecule has 0 aliphatic carbocycles. The Bertz CT molecular complexity index is 992. The Morgan fingerprint density at radius 3 is 2.55 bits per heavy atom. The van der Waals surface area contributed by atoms with Crippen LogP contribution in [0.5, 0.6) is 11.5 Å². The van der Waals surface area contributed by atoms with Crippen molar-refractivity contribution in [1.82, 2.24) is 5.32 Å². The van der Waals surface area contributed by atoms with Crippen molar-refractivity contribution < 1.29 is 18.7 Å². The molecule has 0 unspecified atom stereocenters. The van der Waals surface area contributed by atoms with Crippen LogP contribution in [-0.2, 0) is 6.61 Å². The van der Waals surface area contributed by atoms with Crippen LogP contribution in [0.2, 0.25) is 5.02 Å². The van der Waals surface area contributed by atoms with Gasteiger partial charge in [-0.15, -0.1) is 0 Å². The number of nitrogens with one attached hydrogen (secondary N) is 1. The molecule has 4 nitrogen and oxygen atoms in total. The number of methoxy groups -OCH3 is 1. The summed E-state index contributed by atoms with van der Waals surface area (Å²) in [6, 6.07) is 18.0. The van der Waals surface area contributed by atoms with E-state index in [0.717, 1.165) is 11.1 Å². The van der Waals surface area contributed by atoms with Crippen LogP contribution in [0.1, 0.15) is 34.5 Å². The van der Waals surface area contributed by atoms with Crippen molar-refractivity contribution in [2.45, 2.75) is 19.6 Å². The third-order valence-electron chi connectivity index (χ3n) is 4.45. The summed E-state index contributed by atoms with van der Waals surface area (Å²) >= 11 is 5.98. The number of amides is 1. The van der Waals surface area contributed by atoms with Crippen molar-refractivity contribution in [3.63, 3.8) is 0 Å². The fraction of sp³-hybridized carbons (Fsp3) is 0.174. The van der Waals surface area contributed by atoms with E-state index in [4.69, 9.17) is 21.1 Å². The molecule has 0 aliphatic heterocycles. The molecular weight excluding hydrogens is 393 g/mol. The summed E-state index contributed by atoms with van der Waals surface area (Å²) in [5.41, 5.74) is 2.02. The molecule has 0 fully saturated rings. The quantitative estimate of drug-likeness (QED) is 0.551. The number of benzene rings is 3. The van der Waals surface area contributed by atoms with Crippen molar-refractivity contribution in [2.75, 3.05) is 7.11 Å². The SMILES string of the molecule is COc1ccc(C(=O)N[C@@H](C)c2ccc(F)cc2)cc1COc1cccc(Cl)c1. The summed E-state index contributed by atoms with van der Waals surface area (Å²) in [5, 5.41) is 3.50. The molecule has 0 heterocycles. The molecule has 1 amide bonds. The number of carbonyl (C=O) groups excluding carboxylic acids is 1. The fourth-order valence-corrected chi connectivity index (χ4v) is 3.05. The van der Waals surface area contributed by atoms with Crippen LogP contribution < -0.4 is 14.8 Å². The molecule has 0 aromatic heterocycles. The first kappa shape index (κ1) is 20.7. The van der Waals surface area contributed by atoms with Gasteiger partial charge in [-0.3, -0.25) is 4.79 Å². The van der Waals surface area contributed by atoms with Gasteiger partial charge in [0.2, 0.25) is 0 Å². The fourth-order valence-electron chi connectivity index (χ4n) is 2.87. The molecule has 0 saturated carbocycles. The molecule has 1 N–H and O–H groups in total. The highest BCUT2D eigenvalue weighted by Gasteiger charge is 2.14. The lowest BCUT2D eigenvalue weighted by atomic mass is 10.1. The van der Waals surface area contributed by atoms with E-state index in [1.807, 2.05) is 6.92 Å². The number of hydrogen-bond acceptors (Lipinski definition) is 3. The van der Waals surface area contributed by atoms with Gasteiger partial charge in [0, 0.05) is 16.1 Å². The maximum absolute atomic E-state index is 13.1. The van der Waals surface area contributed by atoms with Gasteiger partial charge in [-0.05, 0) is 61.0 Å². The monoisotopic (exact) mass is 413 g/mol. The van der Waals surface area contributed by atoms with E-state index in [0.29, 0.717) is 22.1 Å². The second kappa shape index (κ2) is 9.43. The minimum absolute atomic E-state index is 0.220. The van der Waals surface area contributed by atoms with E-state index in [1.165, 1.54) is 12.1 Å². The molecule has 0 spiro atoms. The minimum Gasteiger partial charge on any atom is -0.496 e. The van der Waals surface area contributed by atoms with Crippen LogP contribution in [0.15, 0.2) is 66.7 Å². The molecule has 0 aliphatic rings. The van der Waals surface area contributed by atoms with E-state index in [1.54, 1.807) is 61.7 Å². The Balaban J connectivity index is 1.72. The van der Waals surface area contributed by atoms with Crippen molar-refractivity contribution in [3.8, 4) is 11.5 Å². The second-order valence-corrected chi connectivity index (χ2v) is 6.96. The lowest BCUT2D eigenvalue weighted by Gasteiger charge is -2.16. The van der Waals surface area contributed by atoms with Crippen LogP contribution in [0.25, 0.3) is 0 Å². The van der Waals surface area contributed by atoms with Gasteiger partial charge in [0.05, 0.1) is 13.2 Å². The Morgan fingerprint density at radius 2 is 1.86 bits per heavy atom. The smallest absolute Gasteiger partial charge is 0.251 e. The van der Waals surface area contributed by atoms with E-state index in [-0.39, 0.29) is 24.4 Å². The summed E-state index contributed by atoms with van der Waals surface area (Å²) in [4.78, 5) is 12.7. The summed E-state index contributed by atoms with van der Waals surface area (Å²) in [5.74, 6) is 0.690. The van der Waals surface area contributed by atoms with Crippen molar-refractivity contribution in [1.29, 1.82) is 0 Å². The molecule has 3 aromatic carbocycles. The van der Waals surface area contributed by atoms with E-state index in [2.05, 4.69) is 5.32 Å². The summed E-state index contributed by atoms with van der Waals surface area (Å²) in [6.45, 7) is 2.07. The Labute approximate surface area is 174 Å². The van der Waals surface area contributed by atoms with Gasteiger partial charge >= 0.3 is 0 Å². The van der Waals surface area contributed by atoms with E-state index < -0.39 is 0 Å². The predicted octanol–water partition coefficient (Wildman–Crippen LogP) is 5.56. The summed E-state index contributed by atoms with van der Waals surface area (Å²) < 4.78 is 24.3. The van der Waals surface area contributed by atoms with Gasteiger partial charge in [-0.2, -0.15) is 0 Å². The lowest BCUT2D eigenvalue weighted by Crippen LogP contribution is -2.26. The standard InChI is InChI=1S/C23H21ClFNO3/c1-15(16-6-9-20(25)10-7-16)26-23(27)17-8-11-22(28-2)18(12-17)14-29-21-5-3-4-19(24)13-21/h3-13,15H,14H2,1-2H3,(H,26,27)/t15-/m0/s1. The topological polar surface area (TPSA) is 47.6 Å². The first-order valence-electron chi connectivity index (χ1n) is 9.08. The highest BCUT2D eigenvalue weighted by atomic mass is 35.5. The van der Waals surface area contributed by atoms with Crippen LogP contribution in [0, 0.1) is 5.82 Å². The largest absolute Gasteiger partial charge is 0.496 e. The maximum atomic E-state index is 13.1. The number of rotatable bonds is 7. The Hall–Kier alpha value is -3.05. The van der Waals surface area contributed by atoms with E-state index >= 15 is 0 Å². The molecule has 0 saturated heterocycles. The zero-order valence-corrected chi connectivity index (χ0v) is 16.9. The number of ether oxygens (including phenoxy) is 2. The highest BCUT2D eigenvalue weighted by molar-refractivity contribution is 6.30. The first-order valence-corrected chi connectivity index (χ1v) is 9.45. The normalized spacial score (nSPS) is 11.6. The van der Waals surface area contributed by atoms with Gasteiger partial charge in [0.1, 0.15) is 23.9 Å². The molecule has 3 rings (SSSR count). The predicted molar refractivity (Wildman–Crippen MR) is 111 cm³/mol. The summed E-state index contributed by atoms with van der Waals surface area (Å²) in [6.07, 6.45) is 0. The van der Waals surface area contributed by atoms with Crippen LogP contribution >= 0.6 is 11.6 Å². The number of hydrogen-bond donors (Lipinski definition) is 1. The summed E-state index contributed by atoms with van der Waals surface area (Å²) in [7, 11) is 1.56. The second-order valence-electron chi connectivity index (χ2n) is 6.52. The zero-order valence-electron chi connectivity index (χ0n) is 16.1. The maximum Gasteiger partial charge on any atom is 0.251 e. The molecule has 6 heteroatoms. The van der Waals surface area contributed by atoms with Gasteiger partial charge < -0.3 is 14.8 Å². The van der Waals surface area contributed by atoms with Gasteiger partial charge in [0.15, 0.2) is 0 Å². The molecular formula is C23H21ClFNO3. The molecule has 0 bridgehead atoms. The first-order chi connectivity index (χ1) is 14.0. The lowest BCUT2D eigenvalue weighted by molar-refractivity contribution is 0.0939. The molecule has 3 aromatic rings. The van der Waals surface area contributed by atoms with Crippen LogP contribution in [0.3, 0.4) is 0 Å². The van der Waals surface area contributed by atoms with Crippen molar-refractivity contribution >= 4 is 17.5 Å². The average molecular weight is 414 g/mol. The zero-order chi connectivity index (χ0) is 20.8. The molecule has 29 heavy (non-hydrogen) atoms. The molecule has 1 atom stereocenters. The Morgan fingerprint density at radius 1 is 1.10 bits per heavy atom. The molecule has 0 radical (unpaired) electrons. The van der Waals surface area contributed by atoms with Gasteiger partial charge in [0.25, 0.3) is 5.91 Å². The van der Waals surface area contributed by atoms with Gasteiger partial charge in [-0.25, -0.2) is 4.39 Å². The Kier molecular flexibility index (Phi) is 6.73. The van der Waals surface area contributed by atoms with Crippen molar-refractivity contribution in [3.05, 3.63) is 94.3 Å². The third kappa shape index (κ3) is 5.48. The van der Waals surface area contributed by atoms with Crippen LogP contribution in [-0.4, -0.2) is 13.0 Å². The molecule has 150 valence electrons. The highest BCUT2D eigenvalue weighted by Crippen LogP contribution is 2.24. The van der Waals surface area contributed by atoms with Crippen molar-refractivity contribution in [2.24, 2.45) is 0 Å². The van der Waals surface area contributed by atoms with Crippen LogP contribution in [0.4, 0.5) is 4.39 Å².